The third-order valence-electron chi connectivity index (χ3n) is 2.18. The minimum absolute atomic E-state index is 0. The molecule has 0 aromatic heterocycles. The number of para-hydroxylation sites is 1. The molecule has 1 heterocycles. The average molecular weight is 196 g/mol. The van der Waals surface area contributed by atoms with Crippen molar-refractivity contribution in [2.45, 2.75) is 6.42 Å². The van der Waals surface area contributed by atoms with Crippen molar-refractivity contribution in [3.63, 3.8) is 0 Å². The van der Waals surface area contributed by atoms with Gasteiger partial charge in [-0.2, -0.15) is 0 Å². The lowest BCUT2D eigenvalue weighted by molar-refractivity contribution is 0.821. The van der Waals surface area contributed by atoms with Gasteiger partial charge in [0.05, 0.1) is 0 Å². The Balaban J connectivity index is 0.000000845. The van der Waals surface area contributed by atoms with E-state index in [1.165, 1.54) is 12.1 Å². The first-order valence-corrected chi connectivity index (χ1v) is 4.42. The second-order valence-corrected chi connectivity index (χ2v) is 3.04. The fraction of sp³-hybridized carbons (Fsp3) is 0.273. The van der Waals surface area contributed by atoms with Gasteiger partial charge < -0.3 is 4.90 Å². The van der Waals surface area contributed by atoms with E-state index in [1.54, 1.807) is 0 Å². The molecule has 0 unspecified atom stereocenters. The van der Waals surface area contributed by atoms with Crippen LogP contribution < -0.4 is 4.90 Å². The maximum Gasteiger partial charge on any atom is 0.0369 e. The Kier molecular flexibility index (Phi) is 3.84. The molecule has 0 saturated carbocycles. The summed E-state index contributed by atoms with van der Waals surface area (Å²) in [5, 5.41) is 0. The highest BCUT2D eigenvalue weighted by Gasteiger charge is 2.04. The standard InChI is InChI=1S/C11H13N.ClH/c1-3-7-11(8-4-1)12-9-5-2-6-10-12;/h1-5,7-8H,6,9-10H2;1H. The van der Waals surface area contributed by atoms with Gasteiger partial charge in [-0.1, -0.05) is 30.4 Å². The lowest BCUT2D eigenvalue weighted by Gasteiger charge is -2.25. The third-order valence-corrected chi connectivity index (χ3v) is 2.18. The molecule has 0 radical (unpaired) electrons. The Morgan fingerprint density at radius 3 is 2.38 bits per heavy atom. The molecule has 1 aliphatic rings. The summed E-state index contributed by atoms with van der Waals surface area (Å²) in [5.41, 5.74) is 1.34. The van der Waals surface area contributed by atoms with Gasteiger partial charge in [-0.15, -0.1) is 12.4 Å². The maximum absolute atomic E-state index is 2.39. The van der Waals surface area contributed by atoms with Gasteiger partial charge in [-0.05, 0) is 18.6 Å². The zero-order valence-corrected chi connectivity index (χ0v) is 8.33. The Labute approximate surface area is 85.5 Å². The van der Waals surface area contributed by atoms with Crippen molar-refractivity contribution in [3.8, 4) is 0 Å². The highest BCUT2D eigenvalue weighted by atomic mass is 35.5. The molecule has 1 aromatic rings. The van der Waals surface area contributed by atoms with Gasteiger partial charge in [0.25, 0.3) is 0 Å². The van der Waals surface area contributed by atoms with Gasteiger partial charge in [0.1, 0.15) is 0 Å². The van der Waals surface area contributed by atoms with E-state index in [1.807, 2.05) is 0 Å². The van der Waals surface area contributed by atoms with Crippen LogP contribution in [0.2, 0.25) is 0 Å². The first-order valence-electron chi connectivity index (χ1n) is 4.42. The van der Waals surface area contributed by atoms with E-state index in [4.69, 9.17) is 0 Å². The van der Waals surface area contributed by atoms with E-state index in [2.05, 4.69) is 47.4 Å². The molecule has 1 aromatic carbocycles. The molecule has 0 bridgehead atoms. The molecule has 0 fully saturated rings. The van der Waals surface area contributed by atoms with Crippen LogP contribution in [0, 0.1) is 0 Å². The fourth-order valence-electron chi connectivity index (χ4n) is 1.51. The van der Waals surface area contributed by atoms with Crippen LogP contribution in [0.4, 0.5) is 5.69 Å². The molecule has 1 nitrogen and oxygen atoms in total. The first-order chi connectivity index (χ1) is 5.97. The van der Waals surface area contributed by atoms with E-state index < -0.39 is 0 Å². The summed E-state index contributed by atoms with van der Waals surface area (Å²) in [6, 6.07) is 10.6. The predicted octanol–water partition coefficient (Wildman–Crippen LogP) is 2.87. The van der Waals surface area contributed by atoms with Gasteiger partial charge in [-0.25, -0.2) is 0 Å². The van der Waals surface area contributed by atoms with Crippen molar-refractivity contribution in [1.82, 2.24) is 0 Å². The molecule has 2 rings (SSSR count). The van der Waals surface area contributed by atoms with Crippen LogP contribution in [-0.4, -0.2) is 13.1 Å². The van der Waals surface area contributed by atoms with Gasteiger partial charge >= 0.3 is 0 Å². The first kappa shape index (κ1) is 10.1. The highest BCUT2D eigenvalue weighted by Crippen LogP contribution is 2.15. The topological polar surface area (TPSA) is 3.24 Å². The minimum atomic E-state index is 0. The number of hydrogen-bond donors (Lipinski definition) is 0. The third kappa shape index (κ3) is 2.49. The van der Waals surface area contributed by atoms with Gasteiger partial charge in [0, 0.05) is 18.8 Å². The van der Waals surface area contributed by atoms with Gasteiger partial charge in [0.15, 0.2) is 0 Å². The molecule has 0 saturated heterocycles. The number of hydrogen-bond acceptors (Lipinski definition) is 1. The molecule has 0 amide bonds. The zero-order valence-electron chi connectivity index (χ0n) is 7.52. The molecule has 1 aliphatic heterocycles. The smallest absolute Gasteiger partial charge is 0.0369 e. The predicted molar refractivity (Wildman–Crippen MR) is 59.7 cm³/mol. The van der Waals surface area contributed by atoms with E-state index >= 15 is 0 Å². The summed E-state index contributed by atoms with van der Waals surface area (Å²) in [6.07, 6.45) is 5.66. The van der Waals surface area contributed by atoms with Crippen molar-refractivity contribution in [2.75, 3.05) is 18.0 Å². The average Bonchev–Trinajstić information content (AvgIpc) is 2.21. The van der Waals surface area contributed by atoms with Gasteiger partial charge in [-0.3, -0.25) is 0 Å². The number of rotatable bonds is 1. The molecule has 0 aliphatic carbocycles. The van der Waals surface area contributed by atoms with E-state index in [0.29, 0.717) is 0 Å². The fourth-order valence-corrected chi connectivity index (χ4v) is 1.51. The molecule has 70 valence electrons. The molecule has 13 heavy (non-hydrogen) atoms. The van der Waals surface area contributed by atoms with Crippen molar-refractivity contribution in [1.29, 1.82) is 0 Å². The Morgan fingerprint density at radius 2 is 1.77 bits per heavy atom. The summed E-state index contributed by atoms with van der Waals surface area (Å²) in [5.74, 6) is 0. The molecular weight excluding hydrogens is 182 g/mol. The lowest BCUT2D eigenvalue weighted by atomic mass is 10.2. The second kappa shape index (κ2) is 4.93. The summed E-state index contributed by atoms with van der Waals surface area (Å²) in [6.45, 7) is 2.21. The monoisotopic (exact) mass is 195 g/mol. The number of benzene rings is 1. The van der Waals surface area contributed by atoms with E-state index in [9.17, 15) is 0 Å². The van der Waals surface area contributed by atoms with Crippen LogP contribution in [0.15, 0.2) is 42.5 Å². The minimum Gasteiger partial charge on any atom is -0.368 e. The summed E-state index contributed by atoms with van der Waals surface area (Å²) < 4.78 is 0. The molecule has 0 spiro atoms. The lowest BCUT2D eigenvalue weighted by Crippen LogP contribution is -2.26. The van der Waals surface area contributed by atoms with Crippen LogP contribution in [0.3, 0.4) is 0 Å². The second-order valence-electron chi connectivity index (χ2n) is 3.04. The van der Waals surface area contributed by atoms with Crippen molar-refractivity contribution < 1.29 is 0 Å². The van der Waals surface area contributed by atoms with E-state index in [-0.39, 0.29) is 12.4 Å². The number of anilines is 1. The Morgan fingerprint density at radius 1 is 1.00 bits per heavy atom. The van der Waals surface area contributed by atoms with Crippen LogP contribution in [-0.2, 0) is 0 Å². The largest absolute Gasteiger partial charge is 0.368 e. The molecule has 2 heteroatoms. The SMILES string of the molecule is C1=CCN(c2ccccc2)CC1.Cl. The van der Waals surface area contributed by atoms with Crippen LogP contribution in [0.25, 0.3) is 0 Å². The van der Waals surface area contributed by atoms with Crippen molar-refractivity contribution >= 4 is 18.1 Å². The summed E-state index contributed by atoms with van der Waals surface area (Å²) in [4.78, 5) is 2.39. The zero-order chi connectivity index (χ0) is 8.23. The Hall–Kier alpha value is -0.950. The van der Waals surface area contributed by atoms with E-state index in [0.717, 1.165) is 13.1 Å². The van der Waals surface area contributed by atoms with Crippen LogP contribution in [0.1, 0.15) is 6.42 Å². The number of nitrogens with zero attached hydrogens (tertiary/aromatic N) is 1. The molecule has 0 atom stereocenters. The molecular formula is C11H14ClN. The number of halogens is 1. The summed E-state index contributed by atoms with van der Waals surface area (Å²) in [7, 11) is 0. The maximum atomic E-state index is 2.39. The van der Waals surface area contributed by atoms with Crippen molar-refractivity contribution in [2.24, 2.45) is 0 Å². The van der Waals surface area contributed by atoms with Crippen LogP contribution >= 0.6 is 12.4 Å². The summed E-state index contributed by atoms with van der Waals surface area (Å²) >= 11 is 0. The van der Waals surface area contributed by atoms with Gasteiger partial charge in [0.2, 0.25) is 0 Å². The normalized spacial score (nSPS) is 15.2. The molecule has 0 N–H and O–H groups in total. The highest BCUT2D eigenvalue weighted by molar-refractivity contribution is 5.85. The van der Waals surface area contributed by atoms with Crippen LogP contribution in [0.5, 0.6) is 0 Å². The van der Waals surface area contributed by atoms with Crippen molar-refractivity contribution in [3.05, 3.63) is 42.5 Å². The quantitative estimate of drug-likeness (QED) is 0.623. The Bertz CT molecular complexity index is 269.